The van der Waals surface area contributed by atoms with E-state index in [0.29, 0.717) is 5.96 Å². The molecule has 0 unspecified atom stereocenters. The van der Waals surface area contributed by atoms with E-state index in [9.17, 15) is 0 Å². The Morgan fingerprint density at radius 2 is 1.67 bits per heavy atom. The molecule has 7 heteroatoms. The molecule has 1 aromatic carbocycles. The fourth-order valence-electron chi connectivity index (χ4n) is 3.15. The fraction of sp³-hybridized carbons (Fsp3) is 0.429. The van der Waals surface area contributed by atoms with E-state index in [1.807, 2.05) is 23.1 Å². The van der Waals surface area contributed by atoms with Gasteiger partial charge in [0.1, 0.15) is 5.66 Å². The third kappa shape index (κ3) is 2.57. The molecule has 1 saturated carbocycles. The maximum absolute atomic E-state index is 6.22. The highest BCUT2D eigenvalue weighted by atomic mass is 79.9. The van der Waals surface area contributed by atoms with Crippen molar-refractivity contribution in [3.05, 3.63) is 27.1 Å². The number of nitrogens with two attached hydrogens (primary N) is 2. The van der Waals surface area contributed by atoms with E-state index in [-0.39, 0.29) is 5.96 Å². The molecule has 5 nitrogen and oxygen atoms in total. The molecule has 21 heavy (non-hydrogen) atoms. The van der Waals surface area contributed by atoms with Crippen LogP contribution in [0.25, 0.3) is 0 Å². The first-order valence-corrected chi connectivity index (χ1v) is 8.56. The molecular formula is C14H17Br2N5. The van der Waals surface area contributed by atoms with Crippen LogP contribution in [0.2, 0.25) is 0 Å². The van der Waals surface area contributed by atoms with Gasteiger partial charge in [-0.1, -0.05) is 12.5 Å². The number of hydrogen-bond acceptors (Lipinski definition) is 5. The van der Waals surface area contributed by atoms with E-state index < -0.39 is 5.66 Å². The second-order valence-electron chi connectivity index (χ2n) is 5.39. The summed E-state index contributed by atoms with van der Waals surface area (Å²) >= 11 is 7.23. The van der Waals surface area contributed by atoms with Crippen LogP contribution in [0.15, 0.2) is 37.1 Å². The average Bonchev–Trinajstić information content (AvgIpc) is 2.42. The monoisotopic (exact) mass is 413 g/mol. The Morgan fingerprint density at radius 1 is 1.05 bits per heavy atom. The van der Waals surface area contributed by atoms with Gasteiger partial charge in [0.2, 0.25) is 11.9 Å². The van der Waals surface area contributed by atoms with Crippen LogP contribution in [0.5, 0.6) is 0 Å². The number of hydrogen-bond donors (Lipinski definition) is 2. The van der Waals surface area contributed by atoms with Crippen LogP contribution in [-0.4, -0.2) is 17.6 Å². The van der Waals surface area contributed by atoms with Crippen LogP contribution in [0.1, 0.15) is 32.1 Å². The molecule has 1 spiro atoms. The molecule has 3 rings (SSSR count). The Labute approximate surface area is 140 Å². The zero-order chi connectivity index (χ0) is 15.0. The van der Waals surface area contributed by atoms with Crippen LogP contribution < -0.4 is 16.4 Å². The Bertz CT molecular complexity index is 600. The number of rotatable bonds is 1. The predicted molar refractivity (Wildman–Crippen MR) is 93.4 cm³/mol. The van der Waals surface area contributed by atoms with Crippen LogP contribution in [-0.2, 0) is 0 Å². The summed E-state index contributed by atoms with van der Waals surface area (Å²) in [4.78, 5) is 10.9. The Balaban J connectivity index is 2.16. The SMILES string of the molecule is NC1=NC2(CCCCC2)N(c2c(Br)cccc2Br)C(N)=N1. The number of aliphatic imine (C=N–C) groups is 2. The van der Waals surface area contributed by atoms with Gasteiger partial charge in [-0.2, -0.15) is 4.99 Å². The number of halogens is 2. The number of para-hydroxylation sites is 1. The van der Waals surface area contributed by atoms with Crippen molar-refractivity contribution < 1.29 is 0 Å². The number of guanidine groups is 2. The third-order valence-corrected chi connectivity index (χ3v) is 5.29. The van der Waals surface area contributed by atoms with Gasteiger partial charge in [-0.15, -0.1) is 0 Å². The summed E-state index contributed by atoms with van der Waals surface area (Å²) in [6.45, 7) is 0. The van der Waals surface area contributed by atoms with Crippen molar-refractivity contribution in [3.8, 4) is 0 Å². The quantitative estimate of drug-likeness (QED) is 0.739. The van der Waals surface area contributed by atoms with Crippen molar-refractivity contribution in [1.82, 2.24) is 0 Å². The Morgan fingerprint density at radius 3 is 2.29 bits per heavy atom. The molecule has 0 atom stereocenters. The molecule has 2 aliphatic rings. The molecule has 0 amide bonds. The Hall–Kier alpha value is -1.08. The molecule has 0 radical (unpaired) electrons. The molecule has 0 saturated heterocycles. The maximum Gasteiger partial charge on any atom is 0.220 e. The summed E-state index contributed by atoms with van der Waals surface area (Å²) in [5.74, 6) is 0.672. The van der Waals surface area contributed by atoms with E-state index in [2.05, 4.69) is 41.8 Å². The molecular weight excluding hydrogens is 398 g/mol. The van der Waals surface area contributed by atoms with Gasteiger partial charge in [0, 0.05) is 8.95 Å². The lowest BCUT2D eigenvalue weighted by atomic mass is 9.87. The maximum atomic E-state index is 6.22. The number of benzene rings is 1. The molecule has 0 aromatic heterocycles. The van der Waals surface area contributed by atoms with Gasteiger partial charge in [0.05, 0.1) is 5.69 Å². The van der Waals surface area contributed by atoms with Gasteiger partial charge >= 0.3 is 0 Å². The normalized spacial score (nSPS) is 21.1. The zero-order valence-corrected chi connectivity index (χ0v) is 14.7. The molecule has 1 heterocycles. The molecule has 112 valence electrons. The molecule has 1 fully saturated rings. The molecule has 1 aliphatic carbocycles. The van der Waals surface area contributed by atoms with E-state index in [0.717, 1.165) is 40.3 Å². The average molecular weight is 415 g/mol. The minimum atomic E-state index is -0.416. The van der Waals surface area contributed by atoms with Gasteiger partial charge in [-0.3, -0.25) is 4.90 Å². The van der Waals surface area contributed by atoms with Crippen LogP contribution in [0, 0.1) is 0 Å². The molecule has 0 bridgehead atoms. The van der Waals surface area contributed by atoms with E-state index in [4.69, 9.17) is 11.5 Å². The van der Waals surface area contributed by atoms with Gasteiger partial charge in [0.15, 0.2) is 0 Å². The Kier molecular flexibility index (Phi) is 3.96. The van der Waals surface area contributed by atoms with Crippen molar-refractivity contribution >= 4 is 49.5 Å². The minimum absolute atomic E-state index is 0.272. The van der Waals surface area contributed by atoms with Gasteiger partial charge in [0.25, 0.3) is 0 Å². The standard InChI is InChI=1S/C14H17Br2N5/c15-9-5-4-6-10(16)11(9)21-13(18)19-12(17)20-14(21)7-2-1-3-8-14/h4-6H,1-3,7-8H2,(H4,17,18,19,20). The summed E-state index contributed by atoms with van der Waals surface area (Å²) in [5, 5.41) is 0. The number of nitrogens with zero attached hydrogens (tertiary/aromatic N) is 3. The highest BCUT2D eigenvalue weighted by Crippen LogP contribution is 2.44. The largest absolute Gasteiger partial charge is 0.369 e. The van der Waals surface area contributed by atoms with Gasteiger partial charge < -0.3 is 11.5 Å². The first-order chi connectivity index (χ1) is 10.0. The summed E-state index contributed by atoms with van der Waals surface area (Å²) in [5.41, 5.74) is 12.6. The minimum Gasteiger partial charge on any atom is -0.369 e. The van der Waals surface area contributed by atoms with Crippen LogP contribution in [0.3, 0.4) is 0 Å². The van der Waals surface area contributed by atoms with Crippen LogP contribution >= 0.6 is 31.9 Å². The van der Waals surface area contributed by atoms with Crippen molar-refractivity contribution in [3.63, 3.8) is 0 Å². The van der Waals surface area contributed by atoms with Crippen LogP contribution in [0.4, 0.5) is 5.69 Å². The molecule has 4 N–H and O–H groups in total. The lowest BCUT2D eigenvalue weighted by molar-refractivity contribution is 0.305. The molecule has 1 aromatic rings. The van der Waals surface area contributed by atoms with E-state index >= 15 is 0 Å². The van der Waals surface area contributed by atoms with Crippen molar-refractivity contribution in [1.29, 1.82) is 0 Å². The second-order valence-corrected chi connectivity index (χ2v) is 7.10. The van der Waals surface area contributed by atoms with Crippen molar-refractivity contribution in [2.75, 3.05) is 4.90 Å². The van der Waals surface area contributed by atoms with E-state index in [1.165, 1.54) is 6.42 Å². The first-order valence-electron chi connectivity index (χ1n) is 6.97. The van der Waals surface area contributed by atoms with Crippen molar-refractivity contribution in [2.24, 2.45) is 21.5 Å². The fourth-order valence-corrected chi connectivity index (χ4v) is 4.50. The predicted octanol–water partition coefficient (Wildman–Crippen LogP) is 3.32. The summed E-state index contributed by atoms with van der Waals surface area (Å²) in [6.07, 6.45) is 5.31. The smallest absolute Gasteiger partial charge is 0.220 e. The summed E-state index contributed by atoms with van der Waals surface area (Å²) in [6, 6.07) is 5.96. The third-order valence-electron chi connectivity index (χ3n) is 4.01. The first kappa shape index (κ1) is 14.8. The van der Waals surface area contributed by atoms with E-state index in [1.54, 1.807) is 0 Å². The summed E-state index contributed by atoms with van der Waals surface area (Å²) in [7, 11) is 0. The zero-order valence-electron chi connectivity index (χ0n) is 11.5. The second kappa shape index (κ2) is 5.61. The number of anilines is 1. The van der Waals surface area contributed by atoms with Gasteiger partial charge in [-0.05, 0) is 69.7 Å². The summed E-state index contributed by atoms with van der Waals surface area (Å²) < 4.78 is 1.91. The highest BCUT2D eigenvalue weighted by Gasteiger charge is 2.43. The molecule has 1 aliphatic heterocycles. The lowest BCUT2D eigenvalue weighted by Gasteiger charge is -2.46. The van der Waals surface area contributed by atoms with Crippen molar-refractivity contribution in [2.45, 2.75) is 37.8 Å². The topological polar surface area (TPSA) is 80.0 Å². The highest BCUT2D eigenvalue weighted by molar-refractivity contribution is 9.11. The lowest BCUT2D eigenvalue weighted by Crippen LogP contribution is -2.58. The van der Waals surface area contributed by atoms with Gasteiger partial charge in [-0.25, -0.2) is 4.99 Å².